The van der Waals surface area contributed by atoms with E-state index in [1.807, 2.05) is 13.2 Å². The van der Waals surface area contributed by atoms with Crippen LogP contribution in [-0.2, 0) is 4.74 Å². The molecule has 1 fully saturated rings. The third kappa shape index (κ3) is 2.77. The van der Waals surface area contributed by atoms with Crippen LogP contribution in [0.5, 0.6) is 0 Å². The first-order valence-corrected chi connectivity index (χ1v) is 6.64. The molecule has 2 unspecified atom stereocenters. The molecule has 0 radical (unpaired) electrons. The zero-order valence-electron chi connectivity index (χ0n) is 9.58. The molecule has 2 rings (SSSR count). The van der Waals surface area contributed by atoms with Crippen molar-refractivity contribution in [1.82, 2.24) is 0 Å². The summed E-state index contributed by atoms with van der Waals surface area (Å²) in [5.41, 5.74) is 1.16. The Morgan fingerprint density at radius 1 is 1.25 bits per heavy atom. The van der Waals surface area contributed by atoms with E-state index < -0.39 is 0 Å². The summed E-state index contributed by atoms with van der Waals surface area (Å²) in [4.78, 5) is 0. The Morgan fingerprint density at radius 2 is 2.00 bits per heavy atom. The quantitative estimate of drug-likeness (QED) is 0.911. The van der Waals surface area contributed by atoms with Gasteiger partial charge in [0.1, 0.15) is 0 Å². The molecule has 0 heterocycles. The molecule has 3 heteroatoms. The second-order valence-electron chi connectivity index (χ2n) is 4.29. The van der Waals surface area contributed by atoms with Crippen molar-refractivity contribution in [1.29, 1.82) is 0 Å². The highest BCUT2D eigenvalue weighted by Crippen LogP contribution is 2.27. The number of anilines is 1. The molecule has 2 nitrogen and oxygen atoms in total. The van der Waals surface area contributed by atoms with E-state index in [4.69, 9.17) is 4.74 Å². The molecule has 0 aliphatic heterocycles. The molecule has 1 saturated carbocycles. The Morgan fingerprint density at radius 3 is 2.75 bits per heavy atom. The Hall–Kier alpha value is -0.540. The van der Waals surface area contributed by atoms with Gasteiger partial charge in [0.15, 0.2) is 0 Å². The van der Waals surface area contributed by atoms with E-state index in [2.05, 4.69) is 39.4 Å². The molecule has 0 aromatic heterocycles. The Bertz CT molecular complexity index is 342. The van der Waals surface area contributed by atoms with Crippen LogP contribution in [0, 0.1) is 0 Å². The Balaban J connectivity index is 2.05. The molecule has 16 heavy (non-hydrogen) atoms. The highest BCUT2D eigenvalue weighted by Gasteiger charge is 2.24. The van der Waals surface area contributed by atoms with E-state index in [0.717, 1.165) is 10.2 Å². The van der Waals surface area contributed by atoms with Crippen LogP contribution in [0.25, 0.3) is 0 Å². The van der Waals surface area contributed by atoms with Gasteiger partial charge in [0.05, 0.1) is 12.1 Å². The van der Waals surface area contributed by atoms with Crippen molar-refractivity contribution < 1.29 is 4.74 Å². The van der Waals surface area contributed by atoms with E-state index in [1.54, 1.807) is 0 Å². The molecular weight excluding hydrogens is 266 g/mol. The molecule has 1 aromatic rings. The first-order valence-electron chi connectivity index (χ1n) is 5.85. The van der Waals surface area contributed by atoms with Gasteiger partial charge in [-0.05, 0) is 40.9 Å². The lowest BCUT2D eigenvalue weighted by Crippen LogP contribution is -2.37. The maximum absolute atomic E-state index is 5.54. The van der Waals surface area contributed by atoms with Crippen molar-refractivity contribution in [3.05, 3.63) is 28.7 Å². The summed E-state index contributed by atoms with van der Waals surface area (Å²) in [6.07, 6.45) is 5.29. The average molecular weight is 284 g/mol. The van der Waals surface area contributed by atoms with Crippen LogP contribution < -0.4 is 5.32 Å². The van der Waals surface area contributed by atoms with Crippen molar-refractivity contribution in [3.63, 3.8) is 0 Å². The van der Waals surface area contributed by atoms with Crippen molar-refractivity contribution in [2.45, 2.75) is 37.8 Å². The Kier molecular flexibility index (Phi) is 4.24. The first-order chi connectivity index (χ1) is 7.81. The summed E-state index contributed by atoms with van der Waals surface area (Å²) in [5.74, 6) is 0. The highest BCUT2D eigenvalue weighted by molar-refractivity contribution is 9.10. The van der Waals surface area contributed by atoms with Crippen LogP contribution in [-0.4, -0.2) is 19.3 Å². The van der Waals surface area contributed by atoms with Gasteiger partial charge in [-0.2, -0.15) is 0 Å². The summed E-state index contributed by atoms with van der Waals surface area (Å²) in [6, 6.07) is 8.69. The molecule has 2 atom stereocenters. The fourth-order valence-electron chi connectivity index (χ4n) is 2.32. The van der Waals surface area contributed by atoms with Crippen molar-refractivity contribution in [2.24, 2.45) is 0 Å². The van der Waals surface area contributed by atoms with Gasteiger partial charge in [-0.3, -0.25) is 0 Å². The van der Waals surface area contributed by atoms with Gasteiger partial charge < -0.3 is 10.1 Å². The number of hydrogen-bond donors (Lipinski definition) is 1. The summed E-state index contributed by atoms with van der Waals surface area (Å²) in [7, 11) is 1.81. The van der Waals surface area contributed by atoms with Gasteiger partial charge in [0, 0.05) is 17.3 Å². The van der Waals surface area contributed by atoms with Crippen LogP contribution in [0.4, 0.5) is 5.69 Å². The molecular formula is C13H18BrNO. The fraction of sp³-hybridized carbons (Fsp3) is 0.538. The lowest BCUT2D eigenvalue weighted by atomic mass is 9.92. The largest absolute Gasteiger partial charge is 0.379 e. The van der Waals surface area contributed by atoms with Crippen molar-refractivity contribution in [3.8, 4) is 0 Å². The summed E-state index contributed by atoms with van der Waals surface area (Å²) in [5, 5.41) is 3.58. The predicted octanol–water partition coefficient (Wildman–Crippen LogP) is 3.82. The SMILES string of the molecule is COC1CCCCC1Nc1ccccc1Br. The number of halogens is 1. The van der Waals surface area contributed by atoms with Gasteiger partial charge in [0.2, 0.25) is 0 Å². The smallest absolute Gasteiger partial charge is 0.0772 e. The molecule has 88 valence electrons. The van der Waals surface area contributed by atoms with Gasteiger partial charge in [-0.1, -0.05) is 25.0 Å². The van der Waals surface area contributed by atoms with Crippen LogP contribution in [0.3, 0.4) is 0 Å². The number of rotatable bonds is 3. The minimum absolute atomic E-state index is 0.348. The predicted molar refractivity (Wildman–Crippen MR) is 70.8 cm³/mol. The minimum Gasteiger partial charge on any atom is -0.379 e. The number of hydrogen-bond acceptors (Lipinski definition) is 2. The molecule has 1 aliphatic carbocycles. The van der Waals surface area contributed by atoms with Crippen LogP contribution in [0.2, 0.25) is 0 Å². The van der Waals surface area contributed by atoms with E-state index >= 15 is 0 Å². The molecule has 1 aromatic carbocycles. The maximum Gasteiger partial charge on any atom is 0.0772 e. The maximum atomic E-state index is 5.54. The van der Waals surface area contributed by atoms with E-state index in [1.165, 1.54) is 25.7 Å². The lowest BCUT2D eigenvalue weighted by Gasteiger charge is -2.32. The van der Waals surface area contributed by atoms with Gasteiger partial charge >= 0.3 is 0 Å². The molecule has 0 amide bonds. The van der Waals surface area contributed by atoms with Crippen LogP contribution in [0.1, 0.15) is 25.7 Å². The monoisotopic (exact) mass is 283 g/mol. The normalized spacial score (nSPS) is 25.4. The molecule has 0 bridgehead atoms. The first kappa shape index (κ1) is 11.9. The second kappa shape index (κ2) is 5.69. The van der Waals surface area contributed by atoms with Crippen molar-refractivity contribution in [2.75, 3.05) is 12.4 Å². The lowest BCUT2D eigenvalue weighted by molar-refractivity contribution is 0.0606. The van der Waals surface area contributed by atoms with Crippen molar-refractivity contribution >= 4 is 21.6 Å². The fourth-order valence-corrected chi connectivity index (χ4v) is 2.72. The third-order valence-corrected chi connectivity index (χ3v) is 3.91. The number of nitrogens with one attached hydrogen (secondary N) is 1. The zero-order chi connectivity index (χ0) is 11.4. The average Bonchev–Trinajstić information content (AvgIpc) is 2.33. The molecule has 1 N–H and O–H groups in total. The number of benzene rings is 1. The summed E-state index contributed by atoms with van der Waals surface area (Å²) in [6.45, 7) is 0. The van der Waals surface area contributed by atoms with E-state index in [0.29, 0.717) is 12.1 Å². The summed E-state index contributed by atoms with van der Waals surface area (Å²) >= 11 is 3.56. The number of para-hydroxylation sites is 1. The van der Waals surface area contributed by atoms with Crippen LogP contribution >= 0.6 is 15.9 Å². The molecule has 0 saturated heterocycles. The van der Waals surface area contributed by atoms with E-state index in [9.17, 15) is 0 Å². The van der Waals surface area contributed by atoms with Gasteiger partial charge in [-0.25, -0.2) is 0 Å². The Labute approximate surface area is 106 Å². The molecule has 1 aliphatic rings. The number of methoxy groups -OCH3 is 1. The van der Waals surface area contributed by atoms with Crippen LogP contribution in [0.15, 0.2) is 28.7 Å². The zero-order valence-corrected chi connectivity index (χ0v) is 11.2. The molecule has 0 spiro atoms. The number of ether oxygens (including phenoxy) is 1. The topological polar surface area (TPSA) is 21.3 Å². The van der Waals surface area contributed by atoms with Gasteiger partial charge in [-0.15, -0.1) is 0 Å². The van der Waals surface area contributed by atoms with Gasteiger partial charge in [0.25, 0.3) is 0 Å². The van der Waals surface area contributed by atoms with E-state index in [-0.39, 0.29) is 0 Å². The standard InChI is InChI=1S/C13H18BrNO/c1-16-13-9-5-4-8-12(13)15-11-7-3-2-6-10(11)14/h2-3,6-7,12-13,15H,4-5,8-9H2,1H3. The third-order valence-electron chi connectivity index (χ3n) is 3.22. The summed E-state index contributed by atoms with van der Waals surface area (Å²) < 4.78 is 6.66. The second-order valence-corrected chi connectivity index (χ2v) is 5.14. The highest BCUT2D eigenvalue weighted by atomic mass is 79.9. The minimum atomic E-state index is 0.348.